The number of nitrogens with one attached hydrogen (secondary N) is 10. The van der Waals surface area contributed by atoms with E-state index >= 15 is 0 Å². The molecule has 13 atom stereocenters. The van der Waals surface area contributed by atoms with Gasteiger partial charge in [-0.1, -0.05) is 44.2 Å². The van der Waals surface area contributed by atoms with Crippen LogP contribution in [-0.4, -0.2) is 173 Å². The van der Waals surface area contributed by atoms with Crippen LogP contribution in [0.25, 0.3) is 0 Å². The Morgan fingerprint density at radius 3 is 1.79 bits per heavy atom. The van der Waals surface area contributed by atoms with Gasteiger partial charge >= 0.3 is 0 Å². The molecule has 1 aliphatic heterocycles. The summed E-state index contributed by atoms with van der Waals surface area (Å²) in [5.74, 6) is -10.6. The highest BCUT2D eigenvalue weighted by molar-refractivity contribution is 6.02. The molecule has 10 amide bonds. The summed E-state index contributed by atoms with van der Waals surface area (Å²) in [6, 6.07) is -2.15. The molecule has 1 aromatic rings. The van der Waals surface area contributed by atoms with E-state index in [2.05, 4.69) is 53.2 Å². The van der Waals surface area contributed by atoms with Gasteiger partial charge in [0.15, 0.2) is 0 Å². The van der Waals surface area contributed by atoms with Crippen LogP contribution in [0.5, 0.6) is 0 Å². The number of hydrogen-bond acceptors (Lipinski definition) is 16. The lowest BCUT2D eigenvalue weighted by atomic mass is 9.99. The Morgan fingerprint density at radius 1 is 0.722 bits per heavy atom. The Morgan fingerprint density at radius 2 is 1.29 bits per heavy atom. The van der Waals surface area contributed by atoms with Gasteiger partial charge in [-0.2, -0.15) is 0 Å². The van der Waals surface area contributed by atoms with Gasteiger partial charge in [0, 0.05) is 31.7 Å². The van der Waals surface area contributed by atoms with Crippen molar-refractivity contribution in [3.63, 3.8) is 0 Å². The minimum atomic E-state index is -1.78. The molecule has 4 rings (SSSR count). The lowest BCUT2D eigenvalue weighted by molar-refractivity contribution is -0.137. The van der Waals surface area contributed by atoms with E-state index in [1.807, 2.05) is 0 Å². The van der Waals surface area contributed by atoms with Gasteiger partial charge in [0.05, 0.1) is 18.8 Å². The fourth-order valence-electron chi connectivity index (χ4n) is 8.59. The van der Waals surface area contributed by atoms with Gasteiger partial charge in [-0.15, -0.1) is 0 Å². The maximum absolute atomic E-state index is 14.6. The van der Waals surface area contributed by atoms with E-state index in [1.54, 1.807) is 44.2 Å². The van der Waals surface area contributed by atoms with Crippen LogP contribution in [0, 0.1) is 17.8 Å². The van der Waals surface area contributed by atoms with Crippen molar-refractivity contribution in [1.82, 2.24) is 53.2 Å². The molecule has 0 radical (unpaired) electrons. The highest BCUT2D eigenvalue weighted by atomic mass is 16.3. The Balaban J connectivity index is 1.78. The van der Waals surface area contributed by atoms with Crippen LogP contribution >= 0.6 is 0 Å². The Bertz CT molecular complexity index is 2150. The van der Waals surface area contributed by atoms with Crippen molar-refractivity contribution in [2.24, 2.45) is 35.0 Å². The summed E-state index contributed by atoms with van der Waals surface area (Å²) in [5, 5.41) is 56.3. The van der Waals surface area contributed by atoms with Gasteiger partial charge in [-0.25, -0.2) is 0 Å². The molecule has 26 heteroatoms. The molecular formula is C46H73N13O13. The first kappa shape index (κ1) is 58.3. The molecule has 26 nitrogen and oxygen atoms in total. The molecule has 72 heavy (non-hydrogen) atoms. The van der Waals surface area contributed by atoms with Crippen LogP contribution in [0.3, 0.4) is 0 Å². The van der Waals surface area contributed by atoms with Gasteiger partial charge in [0.1, 0.15) is 53.4 Å². The number of aliphatic hydroxyl groups is 3. The zero-order valence-corrected chi connectivity index (χ0v) is 41.2. The quantitative estimate of drug-likeness (QED) is 0.0732. The van der Waals surface area contributed by atoms with Gasteiger partial charge in [-0.3, -0.25) is 47.9 Å². The molecule has 19 N–H and O–H groups in total. The van der Waals surface area contributed by atoms with E-state index in [0.717, 1.165) is 6.92 Å². The van der Waals surface area contributed by atoms with Crippen LogP contribution in [0.1, 0.15) is 72.3 Å². The lowest BCUT2D eigenvalue weighted by Gasteiger charge is -2.29. The van der Waals surface area contributed by atoms with Crippen molar-refractivity contribution in [2.45, 2.75) is 139 Å². The van der Waals surface area contributed by atoms with Crippen molar-refractivity contribution in [3.8, 4) is 0 Å². The van der Waals surface area contributed by atoms with Crippen molar-refractivity contribution >= 4 is 59.1 Å². The SMILES string of the molecule is CC(=O)N[C@H](C(=O)N[C@H](CO)C(=O)N[C@H]1CCNC(=O)[C@H]([C@@H](C)O)NC(=O)[C@H](CCN)NC(=O)C2(C[C@@H]2CN)NC(=O)[C@H](CC(C)C)NC(=O)[C@@H](Cc2ccccc2)NC(=O)C2(C[C@H]2CN)NC1=O)[C@@H](C)O. The number of carbonyl (C=O) groups is 10. The topological polar surface area (TPSA) is 430 Å². The molecule has 2 saturated carbocycles. The van der Waals surface area contributed by atoms with Crippen molar-refractivity contribution in [3.05, 3.63) is 35.9 Å². The molecule has 3 aliphatic rings. The van der Waals surface area contributed by atoms with E-state index in [0.29, 0.717) is 5.56 Å². The molecule has 1 aromatic carbocycles. The number of hydrogen-bond donors (Lipinski definition) is 16. The highest BCUT2D eigenvalue weighted by Gasteiger charge is 2.62. The summed E-state index contributed by atoms with van der Waals surface area (Å²) in [5.41, 5.74) is 15.1. The number of amides is 10. The van der Waals surface area contributed by atoms with E-state index < -0.39 is 156 Å². The molecule has 2 unspecified atom stereocenters. The summed E-state index contributed by atoms with van der Waals surface area (Å²) in [7, 11) is 0. The average Bonchev–Trinajstić information content (AvgIpc) is 4.24. The fourth-order valence-corrected chi connectivity index (χ4v) is 8.59. The van der Waals surface area contributed by atoms with E-state index in [4.69, 9.17) is 17.2 Å². The monoisotopic (exact) mass is 1020 g/mol. The highest BCUT2D eigenvalue weighted by Crippen LogP contribution is 2.44. The molecule has 400 valence electrons. The maximum atomic E-state index is 14.6. The lowest BCUT2D eigenvalue weighted by Crippen LogP contribution is -2.63. The van der Waals surface area contributed by atoms with E-state index in [9.17, 15) is 63.3 Å². The summed E-state index contributed by atoms with van der Waals surface area (Å²) in [6.07, 6.45) is -3.63. The molecule has 0 aromatic heterocycles. The number of nitrogens with two attached hydrogens (primary N) is 3. The first-order valence-corrected chi connectivity index (χ1v) is 24.1. The van der Waals surface area contributed by atoms with Gasteiger partial charge in [0.25, 0.3) is 0 Å². The third-order valence-corrected chi connectivity index (χ3v) is 13.0. The minimum Gasteiger partial charge on any atom is -0.394 e. The third-order valence-electron chi connectivity index (χ3n) is 13.0. The molecule has 1 heterocycles. The minimum absolute atomic E-state index is 0.0386. The van der Waals surface area contributed by atoms with Crippen LogP contribution in [-0.2, 0) is 54.4 Å². The van der Waals surface area contributed by atoms with Crippen LogP contribution < -0.4 is 70.4 Å². The number of carbonyl (C=O) groups excluding carboxylic acids is 10. The molecule has 3 fully saturated rings. The molecule has 1 saturated heterocycles. The fraction of sp³-hybridized carbons (Fsp3) is 0.652. The first-order valence-electron chi connectivity index (χ1n) is 24.1. The van der Waals surface area contributed by atoms with Gasteiger partial charge < -0.3 is 85.7 Å². The molecular weight excluding hydrogens is 943 g/mol. The van der Waals surface area contributed by atoms with Crippen molar-refractivity contribution in [1.29, 1.82) is 0 Å². The standard InChI is InChI=1S/C46H73N13O13/c1-22(2)15-31-40(68)59-45(17-27(45)19-48)43(71)55-29(11-13-47)36(64)57-34(23(3)61)41(69)50-14-12-30(52-38(66)33(21-60)54-42(70)35(24(4)62)51-25(5)63)39(67)58-46(18-28(46)20-49)44(72)56-32(37(65)53-31)16-26-9-7-6-8-10-26/h6-10,22-24,27-35,60-62H,11-21,47-49H2,1-5H3,(H,50,69)(H,51,63)(H,52,66)(H,53,65)(H,54,70)(H,55,71)(H,56,72)(H,57,64)(H,58,67)(H,59,68)/t23-,24-,27-,28+,29+,30+,31+,32-,33-,34+,35+,45?,46?/m1/s1. The van der Waals surface area contributed by atoms with Crippen molar-refractivity contribution < 1.29 is 63.3 Å². The second-order valence-corrected chi connectivity index (χ2v) is 19.2. The van der Waals surface area contributed by atoms with Gasteiger partial charge in [-0.05, 0) is 77.1 Å². The normalized spacial score (nSPS) is 29.4. The zero-order valence-electron chi connectivity index (χ0n) is 41.2. The predicted molar refractivity (Wildman–Crippen MR) is 257 cm³/mol. The molecule has 2 spiro atoms. The Kier molecular flexibility index (Phi) is 20.9. The maximum Gasteiger partial charge on any atom is 0.246 e. The summed E-state index contributed by atoms with van der Waals surface area (Å²) >= 11 is 0. The van der Waals surface area contributed by atoms with E-state index in [1.165, 1.54) is 13.8 Å². The second kappa shape index (κ2) is 25.9. The van der Waals surface area contributed by atoms with Crippen LogP contribution in [0.4, 0.5) is 0 Å². The number of benzene rings is 1. The Hall–Kier alpha value is -6.32. The average molecular weight is 1020 g/mol. The molecule has 2 aliphatic carbocycles. The number of aliphatic hydroxyl groups excluding tert-OH is 3. The third kappa shape index (κ3) is 15.1. The second-order valence-electron chi connectivity index (χ2n) is 19.2. The number of rotatable bonds is 16. The summed E-state index contributed by atoms with van der Waals surface area (Å²) in [6.45, 7) is 5.27. The van der Waals surface area contributed by atoms with Crippen LogP contribution in [0.2, 0.25) is 0 Å². The van der Waals surface area contributed by atoms with Gasteiger partial charge in [0.2, 0.25) is 59.1 Å². The first-order chi connectivity index (χ1) is 34.0. The summed E-state index contributed by atoms with van der Waals surface area (Å²) in [4.78, 5) is 138. The smallest absolute Gasteiger partial charge is 0.246 e. The largest absolute Gasteiger partial charge is 0.394 e. The zero-order chi connectivity index (χ0) is 53.7. The Labute approximate surface area is 417 Å². The van der Waals surface area contributed by atoms with Crippen LogP contribution in [0.15, 0.2) is 30.3 Å². The van der Waals surface area contributed by atoms with Crippen molar-refractivity contribution in [2.75, 3.05) is 32.8 Å². The molecule has 0 bridgehead atoms. The summed E-state index contributed by atoms with van der Waals surface area (Å²) < 4.78 is 0. The predicted octanol–water partition coefficient (Wildman–Crippen LogP) is -7.02. The van der Waals surface area contributed by atoms with E-state index in [-0.39, 0.29) is 57.7 Å².